The molecular weight excluding hydrogens is 146 g/mol. The molecule has 0 N–H and O–H groups in total. The van der Waals surface area contributed by atoms with Crippen LogP contribution in [-0.2, 0) is 0 Å². The predicted molar refractivity (Wildman–Crippen MR) is 50.2 cm³/mol. The van der Waals surface area contributed by atoms with Crippen molar-refractivity contribution in [3.63, 3.8) is 0 Å². The maximum atomic E-state index is 4.03. The third-order valence-corrected chi connectivity index (χ3v) is 1.66. The van der Waals surface area contributed by atoms with Crippen LogP contribution < -0.4 is 0 Å². The molecule has 0 aliphatic rings. The zero-order valence-corrected chi connectivity index (χ0v) is 6.51. The van der Waals surface area contributed by atoms with Crippen LogP contribution in [0, 0.1) is 0 Å². The Morgan fingerprint density at radius 1 is 0.833 bits per heavy atom. The monoisotopic (exact) mass is 152 g/mol. The summed E-state index contributed by atoms with van der Waals surface area (Å²) < 4.78 is 0. The molecule has 0 unspecified atom stereocenters. The number of aromatic nitrogens is 2. The first-order chi connectivity index (χ1) is 5.97. The second-order valence-electron chi connectivity index (χ2n) is 2.48. The van der Waals surface area contributed by atoms with Gasteiger partial charge in [-0.1, -0.05) is 0 Å². The van der Waals surface area contributed by atoms with E-state index in [1.807, 2.05) is 38.1 Å². The number of rotatable bonds is 1. The van der Waals surface area contributed by atoms with Gasteiger partial charge in [0, 0.05) is 0 Å². The fraction of sp³-hybridized carbons (Fsp3) is 0. The van der Waals surface area contributed by atoms with Gasteiger partial charge in [-0.15, -0.1) is 0 Å². The van der Waals surface area contributed by atoms with Crippen LogP contribution in [0.1, 0.15) is 0 Å². The van der Waals surface area contributed by atoms with Crippen LogP contribution in [0.2, 0.25) is 0 Å². The first kappa shape index (κ1) is 7.34. The Labute approximate surface area is 72.1 Å². The van der Waals surface area contributed by atoms with Crippen molar-refractivity contribution in [3.8, 4) is 10.9 Å². The maximum absolute atomic E-state index is 4.03. The SMILES string of the molecule is b1ccncc1-c1bccnc1. The Morgan fingerprint density at radius 2 is 1.33 bits per heavy atom. The molecule has 0 bridgehead atoms. The van der Waals surface area contributed by atoms with Gasteiger partial charge in [-0.3, -0.25) is 0 Å². The normalized spacial score (nSPS) is 9.00. The van der Waals surface area contributed by atoms with E-state index in [-0.39, 0.29) is 0 Å². The molecule has 54 valence electrons. The molecule has 12 heavy (non-hydrogen) atoms. The van der Waals surface area contributed by atoms with E-state index in [0.29, 0.717) is 0 Å². The summed E-state index contributed by atoms with van der Waals surface area (Å²) in [4.78, 5) is 8.07. The van der Waals surface area contributed by atoms with Gasteiger partial charge in [0.15, 0.2) is 0 Å². The van der Waals surface area contributed by atoms with Crippen LogP contribution in [0.3, 0.4) is 0 Å². The molecule has 0 amide bonds. The van der Waals surface area contributed by atoms with Gasteiger partial charge in [0.1, 0.15) is 0 Å². The van der Waals surface area contributed by atoms with Crippen LogP contribution >= 0.6 is 0 Å². The van der Waals surface area contributed by atoms with E-state index in [1.54, 1.807) is 12.4 Å². The van der Waals surface area contributed by atoms with Gasteiger partial charge >= 0.3 is 71.4 Å². The fourth-order valence-corrected chi connectivity index (χ4v) is 1.07. The van der Waals surface area contributed by atoms with Crippen molar-refractivity contribution >= 4 is 13.8 Å². The Bertz CT molecular complexity index is 312. The van der Waals surface area contributed by atoms with Crippen molar-refractivity contribution in [2.75, 3.05) is 0 Å². The van der Waals surface area contributed by atoms with Crippen molar-refractivity contribution in [1.82, 2.24) is 9.97 Å². The number of hydrogen-bond acceptors (Lipinski definition) is 2. The molecule has 0 spiro atoms. The molecule has 2 aromatic rings. The van der Waals surface area contributed by atoms with Crippen LogP contribution in [0.5, 0.6) is 0 Å². The van der Waals surface area contributed by atoms with Gasteiger partial charge in [-0.2, -0.15) is 0 Å². The summed E-state index contributed by atoms with van der Waals surface area (Å²) in [5.74, 6) is 3.84. The second-order valence-corrected chi connectivity index (χ2v) is 2.48. The van der Waals surface area contributed by atoms with E-state index >= 15 is 0 Å². The molecule has 2 aromatic heterocycles. The summed E-state index contributed by atoms with van der Waals surface area (Å²) in [5.41, 5.74) is 2.20. The zero-order chi connectivity index (χ0) is 8.23. The topological polar surface area (TPSA) is 25.8 Å². The molecule has 2 rings (SSSR count). The van der Waals surface area contributed by atoms with E-state index in [0.717, 1.165) is 10.9 Å². The van der Waals surface area contributed by atoms with Gasteiger partial charge in [0.25, 0.3) is 0 Å². The molecule has 0 aromatic carbocycles. The van der Waals surface area contributed by atoms with Gasteiger partial charge in [-0.05, 0) is 0 Å². The molecule has 2 nitrogen and oxygen atoms in total. The van der Waals surface area contributed by atoms with Crippen LogP contribution in [0.4, 0.5) is 0 Å². The van der Waals surface area contributed by atoms with Crippen molar-refractivity contribution in [2.45, 2.75) is 0 Å². The van der Waals surface area contributed by atoms with Gasteiger partial charge in [0.2, 0.25) is 0 Å². The minimum atomic E-state index is 1.10. The van der Waals surface area contributed by atoms with Crippen molar-refractivity contribution in [3.05, 3.63) is 36.7 Å². The van der Waals surface area contributed by atoms with E-state index < -0.39 is 0 Å². The molecule has 0 fully saturated rings. The average Bonchev–Trinajstić information content (AvgIpc) is 2.21. The van der Waals surface area contributed by atoms with E-state index in [2.05, 4.69) is 9.97 Å². The molecular formula is C8H6B2N2. The minimum absolute atomic E-state index is 1.10. The quantitative estimate of drug-likeness (QED) is 0.604. The van der Waals surface area contributed by atoms with Gasteiger partial charge in [0.05, 0.1) is 0 Å². The Balaban J connectivity index is 2.46. The Kier molecular flexibility index (Phi) is 2.08. The van der Waals surface area contributed by atoms with E-state index in [9.17, 15) is 0 Å². The first-order valence-corrected chi connectivity index (χ1v) is 3.77. The number of nitrogens with zero attached hydrogens (tertiary/aromatic N) is 2. The van der Waals surface area contributed by atoms with E-state index in [4.69, 9.17) is 0 Å². The molecule has 0 radical (unpaired) electrons. The predicted octanol–water partition coefficient (Wildman–Crippen LogP) is 0.820. The molecule has 0 atom stereocenters. The second kappa shape index (κ2) is 3.39. The van der Waals surface area contributed by atoms with Gasteiger partial charge in [-0.25, -0.2) is 0 Å². The van der Waals surface area contributed by atoms with Crippen molar-refractivity contribution in [2.24, 2.45) is 0 Å². The van der Waals surface area contributed by atoms with Crippen molar-refractivity contribution in [1.29, 1.82) is 0 Å². The first-order valence-electron chi connectivity index (χ1n) is 3.77. The fourth-order valence-electron chi connectivity index (χ4n) is 1.07. The van der Waals surface area contributed by atoms with Crippen molar-refractivity contribution < 1.29 is 0 Å². The van der Waals surface area contributed by atoms with E-state index in [1.165, 1.54) is 0 Å². The molecule has 2 heterocycles. The molecule has 0 aliphatic heterocycles. The Hall–Kier alpha value is -1.31. The average molecular weight is 152 g/mol. The van der Waals surface area contributed by atoms with Gasteiger partial charge < -0.3 is 0 Å². The standard InChI is InChI=1S/C8H6B2N2/c1-3-11-5-7(9-1)8-6-12-4-2-10-8/h1-6H. The molecule has 4 heteroatoms. The van der Waals surface area contributed by atoms with Crippen LogP contribution in [0.15, 0.2) is 36.7 Å². The summed E-state index contributed by atoms with van der Waals surface area (Å²) >= 11 is 0. The summed E-state index contributed by atoms with van der Waals surface area (Å²) in [6.45, 7) is 4.04. The van der Waals surface area contributed by atoms with Crippen LogP contribution in [-0.4, -0.2) is 23.8 Å². The number of hydrogen-bond donors (Lipinski definition) is 0. The molecule has 0 aliphatic carbocycles. The zero-order valence-electron chi connectivity index (χ0n) is 6.51. The molecule has 0 saturated carbocycles. The third-order valence-electron chi connectivity index (χ3n) is 1.66. The van der Waals surface area contributed by atoms with Crippen LogP contribution in [0.25, 0.3) is 10.9 Å². The molecule has 0 saturated heterocycles. The summed E-state index contributed by atoms with van der Waals surface area (Å²) in [6.07, 6.45) is 7.19. The summed E-state index contributed by atoms with van der Waals surface area (Å²) in [6, 6.07) is 0. The Morgan fingerprint density at radius 3 is 1.67 bits per heavy atom. The third kappa shape index (κ3) is 1.47. The summed E-state index contributed by atoms with van der Waals surface area (Å²) in [5, 5.41) is 0. The summed E-state index contributed by atoms with van der Waals surface area (Å²) in [7, 11) is 0.